The number of nitrogens with two attached hydrogens (primary N) is 1. The van der Waals surface area contributed by atoms with Gasteiger partial charge in [0.2, 0.25) is 0 Å². The maximum absolute atomic E-state index is 5.63. The largest absolute Gasteiger partial charge is 0.377 e. The fourth-order valence-electron chi connectivity index (χ4n) is 0.926. The number of rotatable bonds is 0. The molecule has 46 valence electrons. The zero-order valence-corrected chi connectivity index (χ0v) is 5.22. The summed E-state index contributed by atoms with van der Waals surface area (Å²) in [5, 5.41) is 0. The predicted molar refractivity (Wildman–Crippen MR) is 34.4 cm³/mol. The Kier molecular flexibility index (Phi) is 1.26. The standard InChI is InChI=1S/C6H12N2/c1-5-6(7)3-4-8(5)2/h6H,1,3-4,7H2,2H3/t6-/m1/s1. The molecule has 0 unspecified atom stereocenters. The number of likely N-dealkylation sites (N-methyl/N-ethyl adjacent to an activating group) is 1. The zero-order valence-electron chi connectivity index (χ0n) is 5.22. The first-order valence-electron chi connectivity index (χ1n) is 2.87. The van der Waals surface area contributed by atoms with E-state index in [1.807, 2.05) is 7.05 Å². The molecule has 1 rings (SSSR count). The van der Waals surface area contributed by atoms with Crippen LogP contribution in [0.25, 0.3) is 0 Å². The van der Waals surface area contributed by atoms with E-state index in [1.165, 1.54) is 0 Å². The minimum Gasteiger partial charge on any atom is -0.377 e. The predicted octanol–water partition coefficient (Wildman–Crippen LogP) is 0.163. The van der Waals surface area contributed by atoms with Gasteiger partial charge >= 0.3 is 0 Å². The van der Waals surface area contributed by atoms with E-state index in [0.29, 0.717) is 0 Å². The maximum Gasteiger partial charge on any atom is 0.0457 e. The van der Waals surface area contributed by atoms with Crippen LogP contribution in [0.3, 0.4) is 0 Å². The highest BCUT2D eigenvalue weighted by molar-refractivity contribution is 5.07. The van der Waals surface area contributed by atoms with Gasteiger partial charge < -0.3 is 10.6 Å². The van der Waals surface area contributed by atoms with Crippen LogP contribution in [0.1, 0.15) is 6.42 Å². The van der Waals surface area contributed by atoms with Gasteiger partial charge in [-0.25, -0.2) is 0 Å². The lowest BCUT2D eigenvalue weighted by atomic mass is 10.2. The highest BCUT2D eigenvalue weighted by Gasteiger charge is 2.18. The van der Waals surface area contributed by atoms with Crippen LogP contribution in [-0.4, -0.2) is 24.5 Å². The van der Waals surface area contributed by atoms with Gasteiger partial charge in [-0.15, -0.1) is 0 Å². The fraction of sp³-hybridized carbons (Fsp3) is 0.667. The molecule has 2 heteroatoms. The third-order valence-electron chi connectivity index (χ3n) is 1.69. The number of nitrogens with zero attached hydrogens (tertiary/aromatic N) is 1. The molecule has 0 aromatic carbocycles. The summed E-state index contributed by atoms with van der Waals surface area (Å²) >= 11 is 0. The van der Waals surface area contributed by atoms with Gasteiger partial charge in [-0.05, 0) is 6.42 Å². The average molecular weight is 112 g/mol. The van der Waals surface area contributed by atoms with Crippen molar-refractivity contribution in [2.45, 2.75) is 12.5 Å². The highest BCUT2D eigenvalue weighted by Crippen LogP contribution is 2.14. The Morgan fingerprint density at radius 2 is 2.50 bits per heavy atom. The van der Waals surface area contributed by atoms with Crippen LogP contribution >= 0.6 is 0 Å². The van der Waals surface area contributed by atoms with Crippen molar-refractivity contribution in [1.82, 2.24) is 4.90 Å². The Morgan fingerprint density at radius 3 is 2.62 bits per heavy atom. The Morgan fingerprint density at radius 1 is 1.88 bits per heavy atom. The van der Waals surface area contributed by atoms with Crippen molar-refractivity contribution in [1.29, 1.82) is 0 Å². The van der Waals surface area contributed by atoms with Crippen LogP contribution < -0.4 is 5.73 Å². The molecule has 0 saturated carbocycles. The molecule has 0 aromatic heterocycles. The third kappa shape index (κ3) is 0.713. The first kappa shape index (κ1) is 5.63. The average Bonchev–Trinajstić information content (AvgIpc) is 1.98. The molecular weight excluding hydrogens is 100 g/mol. The number of hydrogen-bond acceptors (Lipinski definition) is 2. The Balaban J connectivity index is 2.57. The molecule has 2 N–H and O–H groups in total. The van der Waals surface area contributed by atoms with E-state index in [1.54, 1.807) is 0 Å². The lowest BCUT2D eigenvalue weighted by molar-refractivity contribution is 0.481. The molecule has 1 aliphatic heterocycles. The molecule has 2 nitrogen and oxygen atoms in total. The Labute approximate surface area is 50.0 Å². The summed E-state index contributed by atoms with van der Waals surface area (Å²) in [6.07, 6.45) is 1.06. The van der Waals surface area contributed by atoms with Gasteiger partial charge in [-0.2, -0.15) is 0 Å². The first-order valence-corrected chi connectivity index (χ1v) is 2.87. The van der Waals surface area contributed by atoms with E-state index in [4.69, 9.17) is 5.73 Å². The van der Waals surface area contributed by atoms with E-state index in [2.05, 4.69) is 11.5 Å². The minimum absolute atomic E-state index is 0.222. The molecule has 0 bridgehead atoms. The van der Waals surface area contributed by atoms with Gasteiger partial charge in [0, 0.05) is 25.3 Å². The highest BCUT2D eigenvalue weighted by atomic mass is 15.1. The van der Waals surface area contributed by atoms with E-state index in [9.17, 15) is 0 Å². The number of hydrogen-bond donors (Lipinski definition) is 1. The molecule has 0 radical (unpaired) electrons. The second kappa shape index (κ2) is 1.78. The number of likely N-dealkylation sites (tertiary alicyclic amines) is 1. The SMILES string of the molecule is C=C1[C@H](N)CCN1C. The summed E-state index contributed by atoms with van der Waals surface area (Å²) in [4.78, 5) is 2.10. The van der Waals surface area contributed by atoms with E-state index < -0.39 is 0 Å². The van der Waals surface area contributed by atoms with E-state index in [0.717, 1.165) is 18.7 Å². The van der Waals surface area contributed by atoms with Crippen molar-refractivity contribution in [2.24, 2.45) is 5.73 Å². The molecule has 1 saturated heterocycles. The first-order chi connectivity index (χ1) is 3.72. The molecule has 1 atom stereocenters. The van der Waals surface area contributed by atoms with Crippen LogP contribution in [-0.2, 0) is 0 Å². The topological polar surface area (TPSA) is 29.3 Å². The molecule has 0 amide bonds. The monoisotopic (exact) mass is 112 g/mol. The minimum atomic E-state index is 0.222. The summed E-state index contributed by atoms with van der Waals surface area (Å²) in [7, 11) is 2.02. The van der Waals surface area contributed by atoms with Crippen LogP contribution in [0.2, 0.25) is 0 Å². The summed E-state index contributed by atoms with van der Waals surface area (Å²) < 4.78 is 0. The van der Waals surface area contributed by atoms with Crippen LogP contribution in [0.4, 0.5) is 0 Å². The van der Waals surface area contributed by atoms with E-state index in [-0.39, 0.29) is 6.04 Å². The van der Waals surface area contributed by atoms with Crippen LogP contribution in [0.5, 0.6) is 0 Å². The molecule has 1 heterocycles. The molecule has 1 fully saturated rings. The molecule has 8 heavy (non-hydrogen) atoms. The Bertz CT molecular complexity index is 97.1. The normalized spacial score (nSPS) is 29.5. The van der Waals surface area contributed by atoms with Crippen LogP contribution in [0, 0.1) is 0 Å². The maximum atomic E-state index is 5.63. The van der Waals surface area contributed by atoms with E-state index >= 15 is 0 Å². The fourth-order valence-corrected chi connectivity index (χ4v) is 0.926. The van der Waals surface area contributed by atoms with Crippen molar-refractivity contribution in [2.75, 3.05) is 13.6 Å². The van der Waals surface area contributed by atoms with Crippen molar-refractivity contribution in [3.63, 3.8) is 0 Å². The van der Waals surface area contributed by atoms with Crippen molar-refractivity contribution < 1.29 is 0 Å². The van der Waals surface area contributed by atoms with Crippen molar-refractivity contribution >= 4 is 0 Å². The molecule has 0 spiro atoms. The second-order valence-corrected chi connectivity index (χ2v) is 2.31. The molecular formula is C6H12N2. The van der Waals surface area contributed by atoms with Crippen molar-refractivity contribution in [3.05, 3.63) is 12.3 Å². The van der Waals surface area contributed by atoms with Gasteiger partial charge in [0.1, 0.15) is 0 Å². The van der Waals surface area contributed by atoms with Gasteiger partial charge in [0.05, 0.1) is 0 Å². The summed E-state index contributed by atoms with van der Waals surface area (Å²) in [5.41, 5.74) is 6.70. The second-order valence-electron chi connectivity index (χ2n) is 2.31. The van der Waals surface area contributed by atoms with Crippen LogP contribution in [0.15, 0.2) is 12.3 Å². The zero-order chi connectivity index (χ0) is 6.15. The van der Waals surface area contributed by atoms with Gasteiger partial charge in [0.15, 0.2) is 0 Å². The van der Waals surface area contributed by atoms with Gasteiger partial charge in [0.25, 0.3) is 0 Å². The molecule has 1 aliphatic rings. The van der Waals surface area contributed by atoms with Crippen molar-refractivity contribution in [3.8, 4) is 0 Å². The lowest BCUT2D eigenvalue weighted by Crippen LogP contribution is -2.20. The lowest BCUT2D eigenvalue weighted by Gasteiger charge is -2.11. The van der Waals surface area contributed by atoms with Gasteiger partial charge in [-0.1, -0.05) is 6.58 Å². The quantitative estimate of drug-likeness (QED) is 0.484. The van der Waals surface area contributed by atoms with Gasteiger partial charge in [-0.3, -0.25) is 0 Å². The Hall–Kier alpha value is -0.500. The summed E-state index contributed by atoms with van der Waals surface area (Å²) in [6.45, 7) is 4.89. The third-order valence-corrected chi connectivity index (χ3v) is 1.69. The smallest absolute Gasteiger partial charge is 0.0457 e. The summed E-state index contributed by atoms with van der Waals surface area (Å²) in [5.74, 6) is 0. The molecule has 0 aromatic rings. The molecule has 0 aliphatic carbocycles. The summed E-state index contributed by atoms with van der Waals surface area (Å²) in [6, 6.07) is 0.222.